The van der Waals surface area contributed by atoms with Crippen LogP contribution in [0.3, 0.4) is 0 Å². The lowest BCUT2D eigenvalue weighted by Gasteiger charge is -2.03. The van der Waals surface area contributed by atoms with E-state index < -0.39 is 12.0 Å². The summed E-state index contributed by atoms with van der Waals surface area (Å²) in [5.74, 6) is -1.83. The molecule has 0 fully saturated rings. The van der Waals surface area contributed by atoms with Crippen molar-refractivity contribution in [1.82, 2.24) is 4.57 Å². The van der Waals surface area contributed by atoms with Crippen LogP contribution in [-0.2, 0) is 6.54 Å². The Hall–Kier alpha value is -1.30. The van der Waals surface area contributed by atoms with Crippen LogP contribution < -0.4 is 0 Å². The fourth-order valence-corrected chi connectivity index (χ4v) is 1.28. The Morgan fingerprint density at radius 3 is 2.62 bits per heavy atom. The topological polar surface area (TPSA) is 42.2 Å². The van der Waals surface area contributed by atoms with Gasteiger partial charge in [0, 0.05) is 31.1 Å². The second-order valence-corrected chi connectivity index (χ2v) is 3.40. The van der Waals surface area contributed by atoms with E-state index in [0.717, 1.165) is 6.07 Å². The third-order valence-electron chi connectivity index (χ3n) is 2.09. The van der Waals surface area contributed by atoms with Gasteiger partial charge in [0.05, 0.1) is 0 Å². The number of ketones is 1. The summed E-state index contributed by atoms with van der Waals surface area (Å²) in [4.78, 5) is 10.8. The van der Waals surface area contributed by atoms with Gasteiger partial charge in [-0.15, -0.1) is 0 Å². The van der Waals surface area contributed by atoms with E-state index in [1.807, 2.05) is 0 Å². The van der Waals surface area contributed by atoms with Crippen LogP contribution in [0.25, 0.3) is 0 Å². The molecule has 0 saturated carbocycles. The molecule has 0 aromatic carbocycles. The summed E-state index contributed by atoms with van der Waals surface area (Å²) in [6.07, 6.45) is -0.980. The van der Waals surface area contributed by atoms with Crippen molar-refractivity contribution in [1.29, 1.82) is 0 Å². The smallest absolute Gasteiger partial charge is 0.396 e. The zero-order valence-corrected chi connectivity index (χ0v) is 8.50. The van der Waals surface area contributed by atoms with Crippen molar-refractivity contribution in [3.8, 4) is 0 Å². The first-order chi connectivity index (χ1) is 7.45. The van der Waals surface area contributed by atoms with Crippen LogP contribution >= 0.6 is 0 Å². The van der Waals surface area contributed by atoms with Crippen molar-refractivity contribution < 1.29 is 23.1 Å². The number of aromatic nitrogens is 1. The first-order valence-electron chi connectivity index (χ1n) is 4.83. The largest absolute Gasteiger partial charge is 0.454 e. The quantitative estimate of drug-likeness (QED) is 0.626. The number of hydrogen-bond donors (Lipinski definition) is 1. The third-order valence-corrected chi connectivity index (χ3v) is 2.09. The molecule has 1 N–H and O–H groups in total. The molecule has 0 saturated heterocycles. The van der Waals surface area contributed by atoms with Crippen molar-refractivity contribution >= 4 is 5.78 Å². The lowest BCUT2D eigenvalue weighted by molar-refractivity contribution is -0.0885. The number of aliphatic hydroxyl groups excluding tert-OH is 1. The van der Waals surface area contributed by atoms with Gasteiger partial charge in [-0.05, 0) is 18.9 Å². The summed E-state index contributed by atoms with van der Waals surface area (Å²) in [5, 5.41) is 8.53. The van der Waals surface area contributed by atoms with Crippen molar-refractivity contribution in [3.63, 3.8) is 0 Å². The minimum atomic E-state index is -4.82. The summed E-state index contributed by atoms with van der Waals surface area (Å²) in [6, 6.07) is 1.15. The van der Waals surface area contributed by atoms with Gasteiger partial charge < -0.3 is 9.67 Å². The molecule has 1 aromatic heterocycles. The Balaban J connectivity index is 2.61. The molecule has 1 aromatic rings. The minimum absolute atomic E-state index is 0.0512. The maximum Gasteiger partial charge on any atom is 0.454 e. The predicted molar refractivity (Wildman–Crippen MR) is 51.1 cm³/mol. The Kier molecular flexibility index (Phi) is 4.12. The molecule has 1 rings (SSSR count). The average Bonchev–Trinajstić information content (AvgIpc) is 2.64. The molecule has 0 unspecified atom stereocenters. The van der Waals surface area contributed by atoms with Crippen LogP contribution in [-0.4, -0.2) is 28.2 Å². The number of carbonyl (C=O) groups is 1. The number of aryl methyl sites for hydroxylation is 1. The number of halogens is 3. The molecular formula is C10H12F3NO2. The first kappa shape index (κ1) is 12.8. The molecule has 1 heterocycles. The molecule has 0 spiro atoms. The molecule has 0 aliphatic carbocycles. The number of carbonyl (C=O) groups excluding carboxylic acids is 1. The van der Waals surface area contributed by atoms with Gasteiger partial charge in [0.2, 0.25) is 0 Å². The predicted octanol–water partition coefficient (Wildman–Crippen LogP) is 2.01. The summed E-state index contributed by atoms with van der Waals surface area (Å²) < 4.78 is 37.7. The molecule has 0 aliphatic heterocycles. The van der Waals surface area contributed by atoms with Gasteiger partial charge in [0.25, 0.3) is 5.78 Å². The standard InChI is InChI=1S/C10H12F3NO2/c11-10(12,13)9(16)8-3-5-14(7-8)4-1-2-6-15/h3,5,7,15H,1-2,4,6H2. The van der Waals surface area contributed by atoms with E-state index in [-0.39, 0.29) is 12.2 Å². The van der Waals surface area contributed by atoms with Crippen LogP contribution in [0, 0.1) is 0 Å². The monoisotopic (exact) mass is 235 g/mol. The Morgan fingerprint density at radius 1 is 1.38 bits per heavy atom. The minimum Gasteiger partial charge on any atom is -0.396 e. The summed E-state index contributed by atoms with van der Waals surface area (Å²) in [6.45, 7) is 0.543. The second kappa shape index (κ2) is 5.16. The molecule has 0 radical (unpaired) electrons. The highest BCUT2D eigenvalue weighted by Crippen LogP contribution is 2.21. The van der Waals surface area contributed by atoms with Gasteiger partial charge >= 0.3 is 6.18 Å². The maximum absolute atomic E-state index is 12.1. The van der Waals surface area contributed by atoms with E-state index in [1.54, 1.807) is 0 Å². The third kappa shape index (κ3) is 3.37. The summed E-state index contributed by atoms with van der Waals surface area (Å²) in [5.41, 5.74) is -0.350. The fourth-order valence-electron chi connectivity index (χ4n) is 1.28. The number of aliphatic hydroxyl groups is 1. The summed E-state index contributed by atoms with van der Waals surface area (Å²) in [7, 11) is 0. The molecule has 0 bridgehead atoms. The zero-order chi connectivity index (χ0) is 12.2. The molecule has 0 atom stereocenters. The van der Waals surface area contributed by atoms with Crippen molar-refractivity contribution in [2.24, 2.45) is 0 Å². The highest BCUT2D eigenvalue weighted by Gasteiger charge is 2.39. The molecule has 6 heteroatoms. The lowest BCUT2D eigenvalue weighted by atomic mass is 10.2. The molecule has 0 amide bonds. The number of alkyl halides is 3. The maximum atomic E-state index is 12.1. The number of hydrogen-bond acceptors (Lipinski definition) is 2. The van der Waals surface area contributed by atoms with Crippen LogP contribution in [0.5, 0.6) is 0 Å². The van der Waals surface area contributed by atoms with E-state index in [1.165, 1.54) is 17.0 Å². The van der Waals surface area contributed by atoms with Gasteiger partial charge in [0.15, 0.2) is 0 Å². The highest BCUT2D eigenvalue weighted by atomic mass is 19.4. The van der Waals surface area contributed by atoms with E-state index in [9.17, 15) is 18.0 Å². The number of rotatable bonds is 5. The van der Waals surface area contributed by atoms with E-state index in [0.29, 0.717) is 19.4 Å². The molecule has 16 heavy (non-hydrogen) atoms. The fraction of sp³-hybridized carbons (Fsp3) is 0.500. The molecule has 3 nitrogen and oxygen atoms in total. The molecule has 90 valence electrons. The second-order valence-electron chi connectivity index (χ2n) is 3.40. The van der Waals surface area contributed by atoms with Gasteiger partial charge in [0.1, 0.15) is 0 Å². The molecule has 0 aliphatic rings. The van der Waals surface area contributed by atoms with Gasteiger partial charge in [-0.3, -0.25) is 4.79 Å². The Bertz CT molecular complexity index is 357. The van der Waals surface area contributed by atoms with Crippen LogP contribution in [0.2, 0.25) is 0 Å². The molecular weight excluding hydrogens is 223 g/mol. The zero-order valence-electron chi connectivity index (χ0n) is 8.50. The van der Waals surface area contributed by atoms with Crippen molar-refractivity contribution in [3.05, 3.63) is 24.0 Å². The summed E-state index contributed by atoms with van der Waals surface area (Å²) >= 11 is 0. The Labute approximate surface area is 90.5 Å². The van der Waals surface area contributed by atoms with Crippen LogP contribution in [0.4, 0.5) is 13.2 Å². The van der Waals surface area contributed by atoms with Crippen molar-refractivity contribution in [2.45, 2.75) is 25.6 Å². The van der Waals surface area contributed by atoms with Crippen LogP contribution in [0.1, 0.15) is 23.2 Å². The number of Topliss-reactive ketones (excluding diaryl/α,β-unsaturated/α-hetero) is 1. The lowest BCUT2D eigenvalue weighted by Crippen LogP contribution is -2.22. The van der Waals surface area contributed by atoms with Crippen molar-refractivity contribution in [2.75, 3.05) is 6.61 Å². The highest BCUT2D eigenvalue weighted by molar-refractivity contribution is 6.00. The first-order valence-corrected chi connectivity index (χ1v) is 4.83. The Morgan fingerprint density at radius 2 is 2.06 bits per heavy atom. The normalized spacial score (nSPS) is 11.8. The SMILES string of the molecule is O=C(c1ccn(CCCCO)c1)C(F)(F)F. The van der Waals surface area contributed by atoms with Crippen LogP contribution in [0.15, 0.2) is 18.5 Å². The van der Waals surface area contributed by atoms with E-state index in [2.05, 4.69) is 0 Å². The average molecular weight is 235 g/mol. The number of unbranched alkanes of at least 4 members (excludes halogenated alkanes) is 1. The van der Waals surface area contributed by atoms with E-state index >= 15 is 0 Å². The van der Waals surface area contributed by atoms with E-state index in [4.69, 9.17) is 5.11 Å². The van der Waals surface area contributed by atoms with Gasteiger partial charge in [-0.25, -0.2) is 0 Å². The number of nitrogens with zero attached hydrogens (tertiary/aromatic N) is 1. The van der Waals surface area contributed by atoms with Gasteiger partial charge in [-0.2, -0.15) is 13.2 Å². The van der Waals surface area contributed by atoms with Gasteiger partial charge in [-0.1, -0.05) is 0 Å².